The minimum atomic E-state index is -0.512. The molecule has 0 saturated carbocycles. The summed E-state index contributed by atoms with van der Waals surface area (Å²) in [5.41, 5.74) is 0.640. The zero-order chi connectivity index (χ0) is 11.3. The standard InChI is InChI=1S/C10H11NO4/c1-14-7-3-4-8(10(13)15-2)9(5-7)11-6-12/h3-6H,1-2H3,(H,11,12). The van der Waals surface area contributed by atoms with E-state index < -0.39 is 5.97 Å². The van der Waals surface area contributed by atoms with Crippen molar-refractivity contribution in [2.24, 2.45) is 0 Å². The molecule has 0 radical (unpaired) electrons. The predicted molar refractivity (Wildman–Crippen MR) is 54.0 cm³/mol. The van der Waals surface area contributed by atoms with E-state index in [0.29, 0.717) is 17.8 Å². The van der Waals surface area contributed by atoms with Crippen LogP contribution in [-0.4, -0.2) is 26.6 Å². The van der Waals surface area contributed by atoms with Crippen molar-refractivity contribution >= 4 is 18.1 Å². The highest BCUT2D eigenvalue weighted by atomic mass is 16.5. The molecule has 0 aliphatic rings. The molecule has 0 aromatic heterocycles. The number of methoxy groups -OCH3 is 2. The van der Waals surface area contributed by atoms with Gasteiger partial charge in [0.1, 0.15) is 5.75 Å². The van der Waals surface area contributed by atoms with Gasteiger partial charge in [-0.05, 0) is 12.1 Å². The molecular formula is C10H11NO4. The number of nitrogens with one attached hydrogen (secondary N) is 1. The second kappa shape index (κ2) is 4.99. The molecule has 15 heavy (non-hydrogen) atoms. The lowest BCUT2D eigenvalue weighted by atomic mass is 10.1. The van der Waals surface area contributed by atoms with E-state index in [0.717, 1.165) is 0 Å². The van der Waals surface area contributed by atoms with Crippen LogP contribution in [0.25, 0.3) is 0 Å². The Morgan fingerprint density at radius 2 is 2.13 bits per heavy atom. The van der Waals surface area contributed by atoms with Crippen molar-refractivity contribution in [2.75, 3.05) is 19.5 Å². The van der Waals surface area contributed by atoms with E-state index in [4.69, 9.17) is 4.74 Å². The Morgan fingerprint density at radius 3 is 2.67 bits per heavy atom. The van der Waals surface area contributed by atoms with Gasteiger partial charge in [-0.3, -0.25) is 4.79 Å². The third-order valence-electron chi connectivity index (χ3n) is 1.85. The van der Waals surface area contributed by atoms with Crippen molar-refractivity contribution in [3.05, 3.63) is 23.8 Å². The van der Waals surface area contributed by atoms with Crippen LogP contribution < -0.4 is 10.1 Å². The fourth-order valence-corrected chi connectivity index (χ4v) is 1.12. The Morgan fingerprint density at radius 1 is 1.40 bits per heavy atom. The van der Waals surface area contributed by atoms with E-state index >= 15 is 0 Å². The van der Waals surface area contributed by atoms with Crippen molar-refractivity contribution in [3.63, 3.8) is 0 Å². The number of rotatable bonds is 4. The molecule has 0 aliphatic heterocycles. The molecule has 1 amide bonds. The van der Waals surface area contributed by atoms with Crippen LogP contribution in [-0.2, 0) is 9.53 Å². The van der Waals surface area contributed by atoms with Crippen molar-refractivity contribution in [1.82, 2.24) is 0 Å². The molecular weight excluding hydrogens is 198 g/mol. The molecule has 1 aromatic rings. The number of amides is 1. The highest BCUT2D eigenvalue weighted by molar-refractivity contribution is 5.98. The van der Waals surface area contributed by atoms with Gasteiger partial charge in [-0.25, -0.2) is 4.79 Å². The maximum atomic E-state index is 11.3. The third-order valence-corrected chi connectivity index (χ3v) is 1.85. The summed E-state index contributed by atoms with van der Waals surface area (Å²) >= 11 is 0. The van der Waals surface area contributed by atoms with E-state index in [1.807, 2.05) is 0 Å². The first-order valence-corrected chi connectivity index (χ1v) is 4.19. The fourth-order valence-electron chi connectivity index (χ4n) is 1.12. The molecule has 0 unspecified atom stereocenters. The van der Waals surface area contributed by atoms with Crippen molar-refractivity contribution < 1.29 is 19.1 Å². The van der Waals surface area contributed by atoms with Gasteiger partial charge in [-0.2, -0.15) is 0 Å². The summed E-state index contributed by atoms with van der Waals surface area (Å²) in [6, 6.07) is 4.68. The van der Waals surface area contributed by atoms with Crippen LogP contribution in [0.15, 0.2) is 18.2 Å². The normalized spacial score (nSPS) is 9.20. The topological polar surface area (TPSA) is 64.6 Å². The maximum absolute atomic E-state index is 11.3. The van der Waals surface area contributed by atoms with Gasteiger partial charge in [0.2, 0.25) is 6.41 Å². The minimum Gasteiger partial charge on any atom is -0.497 e. The van der Waals surface area contributed by atoms with Gasteiger partial charge in [-0.15, -0.1) is 0 Å². The van der Waals surface area contributed by atoms with Crippen LogP contribution in [0.3, 0.4) is 0 Å². The average Bonchev–Trinajstić information content (AvgIpc) is 2.28. The summed E-state index contributed by atoms with van der Waals surface area (Å²) < 4.78 is 9.52. The first-order chi connectivity index (χ1) is 7.22. The zero-order valence-corrected chi connectivity index (χ0v) is 8.44. The molecule has 1 aromatic carbocycles. The van der Waals surface area contributed by atoms with Crippen molar-refractivity contribution in [3.8, 4) is 5.75 Å². The summed E-state index contributed by atoms with van der Waals surface area (Å²) in [4.78, 5) is 21.6. The molecule has 0 bridgehead atoms. The summed E-state index contributed by atoms with van der Waals surface area (Å²) in [5, 5.41) is 2.40. The number of anilines is 1. The summed E-state index contributed by atoms with van der Waals surface area (Å²) in [6.07, 6.45) is 0.487. The molecule has 0 atom stereocenters. The zero-order valence-electron chi connectivity index (χ0n) is 8.44. The van der Waals surface area contributed by atoms with Gasteiger partial charge in [0, 0.05) is 6.07 Å². The van der Waals surface area contributed by atoms with Crippen LogP contribution in [0.4, 0.5) is 5.69 Å². The van der Waals surface area contributed by atoms with E-state index in [1.165, 1.54) is 20.3 Å². The maximum Gasteiger partial charge on any atom is 0.339 e. The summed E-state index contributed by atoms with van der Waals surface area (Å²) in [5.74, 6) is 0.0361. The van der Waals surface area contributed by atoms with Gasteiger partial charge >= 0.3 is 5.97 Å². The second-order valence-electron chi connectivity index (χ2n) is 2.67. The molecule has 5 heteroatoms. The quantitative estimate of drug-likeness (QED) is 0.594. The van der Waals surface area contributed by atoms with E-state index in [1.54, 1.807) is 12.1 Å². The molecule has 0 heterocycles. The Hall–Kier alpha value is -2.04. The number of hydrogen-bond acceptors (Lipinski definition) is 4. The Labute approximate surface area is 87.0 Å². The highest BCUT2D eigenvalue weighted by Gasteiger charge is 2.12. The van der Waals surface area contributed by atoms with Gasteiger partial charge < -0.3 is 14.8 Å². The van der Waals surface area contributed by atoms with E-state index in [-0.39, 0.29) is 5.56 Å². The molecule has 0 spiro atoms. The molecule has 0 aliphatic carbocycles. The molecule has 0 fully saturated rings. The Balaban J connectivity index is 3.13. The second-order valence-corrected chi connectivity index (χ2v) is 2.67. The van der Waals surface area contributed by atoms with Crippen molar-refractivity contribution in [1.29, 1.82) is 0 Å². The number of ether oxygens (including phenoxy) is 2. The third kappa shape index (κ3) is 2.46. The Bertz CT molecular complexity index is 376. The number of esters is 1. The highest BCUT2D eigenvalue weighted by Crippen LogP contribution is 2.22. The minimum absolute atomic E-state index is 0.283. The average molecular weight is 209 g/mol. The molecule has 1 N–H and O–H groups in total. The van der Waals surface area contributed by atoms with Crippen molar-refractivity contribution in [2.45, 2.75) is 0 Å². The molecule has 80 valence electrons. The fraction of sp³-hybridized carbons (Fsp3) is 0.200. The van der Waals surface area contributed by atoms with Crippen LogP contribution >= 0.6 is 0 Å². The smallest absolute Gasteiger partial charge is 0.339 e. The lowest BCUT2D eigenvalue weighted by Gasteiger charge is -2.08. The van der Waals surface area contributed by atoms with Gasteiger partial charge in [0.05, 0.1) is 25.5 Å². The number of carbonyl (C=O) groups excluding carboxylic acids is 2. The van der Waals surface area contributed by atoms with Crippen LogP contribution in [0.1, 0.15) is 10.4 Å². The summed E-state index contributed by atoms with van der Waals surface area (Å²) in [7, 11) is 2.77. The SMILES string of the molecule is COC(=O)c1ccc(OC)cc1NC=O. The summed E-state index contributed by atoms with van der Waals surface area (Å²) in [6.45, 7) is 0. The van der Waals surface area contributed by atoms with Gasteiger partial charge in [0.15, 0.2) is 0 Å². The number of carbonyl (C=O) groups is 2. The number of benzene rings is 1. The molecule has 5 nitrogen and oxygen atoms in total. The first-order valence-electron chi connectivity index (χ1n) is 4.19. The van der Waals surface area contributed by atoms with E-state index in [9.17, 15) is 9.59 Å². The monoisotopic (exact) mass is 209 g/mol. The number of hydrogen-bond donors (Lipinski definition) is 1. The van der Waals surface area contributed by atoms with Crippen LogP contribution in [0, 0.1) is 0 Å². The molecule has 0 saturated heterocycles. The predicted octanol–water partition coefficient (Wildman–Crippen LogP) is 1.05. The lowest BCUT2D eigenvalue weighted by molar-refractivity contribution is -0.105. The van der Waals surface area contributed by atoms with Gasteiger partial charge in [-0.1, -0.05) is 0 Å². The van der Waals surface area contributed by atoms with Gasteiger partial charge in [0.25, 0.3) is 0 Å². The molecule has 1 rings (SSSR count). The lowest BCUT2D eigenvalue weighted by Crippen LogP contribution is -2.07. The largest absolute Gasteiger partial charge is 0.497 e. The van der Waals surface area contributed by atoms with Crippen LogP contribution in [0.2, 0.25) is 0 Å². The van der Waals surface area contributed by atoms with Crippen LogP contribution in [0.5, 0.6) is 5.75 Å². The first kappa shape index (κ1) is 11.0. The Kier molecular flexibility index (Phi) is 3.68. The van der Waals surface area contributed by atoms with E-state index in [2.05, 4.69) is 10.1 Å².